The summed E-state index contributed by atoms with van der Waals surface area (Å²) in [4.78, 5) is 24.4. The Morgan fingerprint density at radius 1 is 1.30 bits per heavy atom. The van der Waals surface area contributed by atoms with Crippen LogP contribution in [0, 0.1) is 0 Å². The molecule has 1 aromatic carbocycles. The quantitative estimate of drug-likeness (QED) is 0.838. The number of Topliss-reactive ketones (excluding diaryl/α,β-unsaturated/α-hetero) is 1. The summed E-state index contributed by atoms with van der Waals surface area (Å²) in [5.41, 5.74) is -0.740. The Morgan fingerprint density at radius 3 is 2.74 bits per heavy atom. The molecule has 0 radical (unpaired) electrons. The number of hydrogen-bond acceptors (Lipinski definition) is 6. The predicted octanol–water partition coefficient (Wildman–Crippen LogP) is 2.59. The molecule has 0 saturated carbocycles. The van der Waals surface area contributed by atoms with E-state index in [1.807, 2.05) is 13.8 Å². The van der Waals surface area contributed by atoms with Crippen molar-refractivity contribution >= 4 is 11.7 Å². The monoisotopic (exact) mass is 377 g/mol. The maximum atomic E-state index is 12.2. The molecule has 1 amide bonds. The van der Waals surface area contributed by atoms with Gasteiger partial charge in [-0.15, -0.1) is 0 Å². The highest BCUT2D eigenvalue weighted by Crippen LogP contribution is 2.40. The molecule has 0 aromatic heterocycles. The smallest absolute Gasteiger partial charge is 0.258 e. The van der Waals surface area contributed by atoms with Gasteiger partial charge in [0.25, 0.3) is 5.91 Å². The molecule has 0 spiro atoms. The summed E-state index contributed by atoms with van der Waals surface area (Å²) in [6, 6.07) is 2.92. The van der Waals surface area contributed by atoms with E-state index in [1.54, 1.807) is 19.9 Å². The van der Waals surface area contributed by atoms with Crippen molar-refractivity contribution in [2.75, 3.05) is 13.2 Å². The van der Waals surface area contributed by atoms with Gasteiger partial charge in [0.15, 0.2) is 12.4 Å². The third-order valence-electron chi connectivity index (χ3n) is 4.74. The molecule has 2 heterocycles. The molecule has 1 fully saturated rings. The fraction of sp³-hybridized carbons (Fsp3) is 0.600. The first-order valence-electron chi connectivity index (χ1n) is 9.20. The van der Waals surface area contributed by atoms with E-state index < -0.39 is 5.60 Å². The summed E-state index contributed by atoms with van der Waals surface area (Å²) < 4.78 is 17.0. The van der Waals surface area contributed by atoms with Crippen molar-refractivity contribution in [3.63, 3.8) is 0 Å². The first-order chi connectivity index (χ1) is 12.5. The number of phenolic OH excluding ortho intramolecular Hbond substituents is 1. The molecule has 2 aliphatic heterocycles. The van der Waals surface area contributed by atoms with Crippen LogP contribution in [0.1, 0.15) is 57.3 Å². The molecule has 148 valence electrons. The van der Waals surface area contributed by atoms with Gasteiger partial charge in [-0.2, -0.15) is 0 Å². The number of aromatic hydroxyl groups is 1. The third kappa shape index (κ3) is 4.71. The summed E-state index contributed by atoms with van der Waals surface area (Å²) in [6.45, 7) is 8.04. The van der Waals surface area contributed by atoms with Crippen molar-refractivity contribution in [3.05, 3.63) is 17.7 Å². The van der Waals surface area contributed by atoms with Gasteiger partial charge in [0.2, 0.25) is 0 Å². The summed E-state index contributed by atoms with van der Waals surface area (Å²) in [5.74, 6) is -0.0657. The highest BCUT2D eigenvalue weighted by Gasteiger charge is 2.35. The second-order valence-corrected chi connectivity index (χ2v) is 8.43. The standard InChI is InChI=1S/C20H27NO6/c1-19(2)9-12(5-6-26-19)21-17(24)11-25-13-7-14(22)18-15(23)10-20(3,4)27-16(18)8-13/h7-8,12,22H,5-6,9-11H2,1-4H3,(H,21,24)/t12-/m0/s1. The Bertz CT molecular complexity index is 755. The number of nitrogens with one attached hydrogen (secondary N) is 1. The predicted molar refractivity (Wildman–Crippen MR) is 98.5 cm³/mol. The van der Waals surface area contributed by atoms with Gasteiger partial charge in [-0.25, -0.2) is 0 Å². The van der Waals surface area contributed by atoms with Crippen LogP contribution in [-0.4, -0.2) is 47.3 Å². The molecule has 0 aliphatic carbocycles. The SMILES string of the molecule is CC1(C)C[C@@H](NC(=O)COc2cc(O)c3c(c2)OC(C)(C)CC3=O)CCO1. The second-order valence-electron chi connectivity index (χ2n) is 8.43. The highest BCUT2D eigenvalue weighted by molar-refractivity contribution is 6.03. The lowest BCUT2D eigenvalue weighted by molar-refractivity contribution is -0.126. The topological polar surface area (TPSA) is 94.1 Å². The van der Waals surface area contributed by atoms with Gasteiger partial charge in [-0.05, 0) is 40.5 Å². The van der Waals surface area contributed by atoms with Crippen LogP contribution in [0.4, 0.5) is 0 Å². The first kappa shape index (κ1) is 19.5. The van der Waals surface area contributed by atoms with Crippen LogP contribution in [-0.2, 0) is 9.53 Å². The van der Waals surface area contributed by atoms with Crippen molar-refractivity contribution in [2.45, 2.75) is 64.2 Å². The normalized spacial score (nSPS) is 23.1. The number of amides is 1. The minimum atomic E-state index is -0.650. The largest absolute Gasteiger partial charge is 0.507 e. The van der Waals surface area contributed by atoms with Gasteiger partial charge < -0.3 is 24.6 Å². The summed E-state index contributed by atoms with van der Waals surface area (Å²) in [7, 11) is 0. The average molecular weight is 377 g/mol. The van der Waals surface area contributed by atoms with E-state index in [4.69, 9.17) is 14.2 Å². The van der Waals surface area contributed by atoms with Gasteiger partial charge in [0.05, 0.1) is 12.0 Å². The number of carbonyl (C=O) groups excluding carboxylic acids is 2. The molecule has 0 bridgehead atoms. The molecule has 3 rings (SSSR count). The van der Waals surface area contributed by atoms with E-state index >= 15 is 0 Å². The van der Waals surface area contributed by atoms with Crippen LogP contribution in [0.25, 0.3) is 0 Å². The lowest BCUT2D eigenvalue weighted by Gasteiger charge is -2.35. The number of fused-ring (bicyclic) bond motifs is 1. The number of carbonyl (C=O) groups is 2. The Hall–Kier alpha value is -2.28. The highest BCUT2D eigenvalue weighted by atomic mass is 16.5. The van der Waals surface area contributed by atoms with Crippen LogP contribution in [0.5, 0.6) is 17.2 Å². The number of rotatable bonds is 4. The van der Waals surface area contributed by atoms with Gasteiger partial charge in [0, 0.05) is 24.8 Å². The van der Waals surface area contributed by atoms with Crippen molar-refractivity contribution in [3.8, 4) is 17.2 Å². The van der Waals surface area contributed by atoms with E-state index in [1.165, 1.54) is 6.07 Å². The maximum Gasteiger partial charge on any atom is 0.258 e. The molecule has 1 aromatic rings. The molecule has 2 aliphatic rings. The lowest BCUT2D eigenvalue weighted by atomic mass is 9.92. The zero-order valence-corrected chi connectivity index (χ0v) is 16.3. The maximum absolute atomic E-state index is 12.2. The second kappa shape index (κ2) is 7.03. The zero-order valence-electron chi connectivity index (χ0n) is 16.3. The Balaban J connectivity index is 1.62. The number of phenols is 1. The van der Waals surface area contributed by atoms with E-state index in [2.05, 4.69) is 5.32 Å². The van der Waals surface area contributed by atoms with E-state index in [9.17, 15) is 14.7 Å². The average Bonchev–Trinajstić information content (AvgIpc) is 2.49. The number of benzene rings is 1. The Kier molecular flexibility index (Phi) is 5.08. The van der Waals surface area contributed by atoms with Gasteiger partial charge in [-0.1, -0.05) is 0 Å². The van der Waals surface area contributed by atoms with Crippen molar-refractivity contribution in [1.82, 2.24) is 5.32 Å². The molecule has 27 heavy (non-hydrogen) atoms. The molecular weight excluding hydrogens is 350 g/mol. The fourth-order valence-electron chi connectivity index (χ4n) is 3.60. The van der Waals surface area contributed by atoms with Crippen molar-refractivity contribution in [2.24, 2.45) is 0 Å². The van der Waals surface area contributed by atoms with Gasteiger partial charge >= 0.3 is 0 Å². The van der Waals surface area contributed by atoms with Crippen LogP contribution >= 0.6 is 0 Å². The van der Waals surface area contributed by atoms with Crippen LogP contribution in [0.3, 0.4) is 0 Å². The Labute approximate surface area is 159 Å². The van der Waals surface area contributed by atoms with Crippen molar-refractivity contribution < 1.29 is 28.9 Å². The van der Waals surface area contributed by atoms with Crippen LogP contribution in [0.15, 0.2) is 12.1 Å². The van der Waals surface area contributed by atoms with Crippen LogP contribution in [0.2, 0.25) is 0 Å². The molecule has 1 atom stereocenters. The number of ether oxygens (including phenoxy) is 3. The first-order valence-corrected chi connectivity index (χ1v) is 9.20. The number of ketones is 1. The number of hydrogen-bond donors (Lipinski definition) is 2. The molecule has 0 unspecified atom stereocenters. The molecule has 1 saturated heterocycles. The fourth-order valence-corrected chi connectivity index (χ4v) is 3.60. The molecule has 7 nitrogen and oxygen atoms in total. The minimum absolute atomic E-state index is 0.0449. The molecular formula is C20H27NO6. The van der Waals surface area contributed by atoms with E-state index in [0.29, 0.717) is 6.61 Å². The molecule has 7 heteroatoms. The third-order valence-corrected chi connectivity index (χ3v) is 4.74. The van der Waals surface area contributed by atoms with E-state index in [-0.39, 0.29) is 59.2 Å². The summed E-state index contributed by atoms with van der Waals surface area (Å²) in [6.07, 6.45) is 1.70. The molecule has 2 N–H and O–H groups in total. The summed E-state index contributed by atoms with van der Waals surface area (Å²) >= 11 is 0. The van der Waals surface area contributed by atoms with Crippen LogP contribution < -0.4 is 14.8 Å². The van der Waals surface area contributed by atoms with E-state index in [0.717, 1.165) is 12.8 Å². The summed E-state index contributed by atoms with van der Waals surface area (Å²) in [5, 5.41) is 13.1. The van der Waals surface area contributed by atoms with Crippen molar-refractivity contribution in [1.29, 1.82) is 0 Å². The zero-order chi connectivity index (χ0) is 19.8. The van der Waals surface area contributed by atoms with Gasteiger partial charge in [0.1, 0.15) is 28.4 Å². The van der Waals surface area contributed by atoms with Gasteiger partial charge in [-0.3, -0.25) is 9.59 Å². The lowest BCUT2D eigenvalue weighted by Crippen LogP contribution is -2.47. The Morgan fingerprint density at radius 2 is 2.04 bits per heavy atom. The minimum Gasteiger partial charge on any atom is -0.507 e.